The number of hydrazone groups is 1. The summed E-state index contributed by atoms with van der Waals surface area (Å²) < 4.78 is 13.9. The Kier molecular flexibility index (Phi) is 5.34. The molecule has 2 aromatic carbocycles. The third-order valence-electron chi connectivity index (χ3n) is 3.75. The van der Waals surface area contributed by atoms with Crippen molar-refractivity contribution in [3.8, 4) is 0 Å². The molecule has 0 aliphatic carbocycles. The van der Waals surface area contributed by atoms with Gasteiger partial charge in [-0.15, -0.1) is 0 Å². The van der Waals surface area contributed by atoms with Gasteiger partial charge in [-0.2, -0.15) is 5.10 Å². The van der Waals surface area contributed by atoms with E-state index in [1.54, 1.807) is 18.3 Å². The monoisotopic (exact) mass is 390 g/mol. The highest BCUT2D eigenvalue weighted by molar-refractivity contribution is 9.10. The van der Waals surface area contributed by atoms with Crippen LogP contribution in [0.4, 0.5) is 4.39 Å². The SMILES string of the molecule is O=C(N/N=C/c1ccc(Br)cc1)C1CC(c2ccc(F)cc2)NN1. The molecule has 2 unspecified atom stereocenters. The molecule has 1 saturated heterocycles. The third-order valence-corrected chi connectivity index (χ3v) is 4.28. The van der Waals surface area contributed by atoms with E-state index in [0.717, 1.165) is 15.6 Å². The molecule has 0 aromatic heterocycles. The molecule has 2 aromatic rings. The second-order valence-electron chi connectivity index (χ2n) is 5.47. The Morgan fingerprint density at radius 2 is 1.88 bits per heavy atom. The second kappa shape index (κ2) is 7.65. The maximum atomic E-state index is 13.0. The van der Waals surface area contributed by atoms with Crippen molar-refractivity contribution in [1.82, 2.24) is 16.3 Å². The molecule has 124 valence electrons. The average Bonchev–Trinajstić information content (AvgIpc) is 3.07. The first-order valence-corrected chi connectivity index (χ1v) is 8.26. The minimum absolute atomic E-state index is 0.0446. The Morgan fingerprint density at radius 3 is 2.58 bits per heavy atom. The molecule has 24 heavy (non-hydrogen) atoms. The summed E-state index contributed by atoms with van der Waals surface area (Å²) in [5, 5.41) is 3.97. The zero-order valence-corrected chi connectivity index (χ0v) is 14.3. The Labute approximate surface area is 147 Å². The van der Waals surface area contributed by atoms with E-state index in [4.69, 9.17) is 0 Å². The molecular weight excluding hydrogens is 375 g/mol. The predicted octanol–water partition coefficient (Wildman–Crippen LogP) is 2.65. The van der Waals surface area contributed by atoms with Gasteiger partial charge in [0.2, 0.25) is 0 Å². The van der Waals surface area contributed by atoms with Crippen LogP contribution in [0.25, 0.3) is 0 Å². The molecule has 1 fully saturated rings. The van der Waals surface area contributed by atoms with Crippen molar-refractivity contribution in [2.45, 2.75) is 18.5 Å². The van der Waals surface area contributed by atoms with Crippen molar-refractivity contribution in [3.05, 3.63) is 69.9 Å². The molecular formula is C17H16BrFN4O. The number of hydrogen-bond donors (Lipinski definition) is 3. The first-order chi connectivity index (χ1) is 11.6. The van der Waals surface area contributed by atoms with Crippen molar-refractivity contribution >= 4 is 28.1 Å². The summed E-state index contributed by atoms with van der Waals surface area (Å²) in [5.74, 6) is -0.498. The standard InChI is InChI=1S/C17H16BrFN4O/c18-13-5-1-11(2-6-13)10-20-23-17(24)16-9-15(21-22-16)12-3-7-14(19)8-4-12/h1-8,10,15-16,21-22H,9H2,(H,23,24)/b20-10+. The Morgan fingerprint density at radius 1 is 1.17 bits per heavy atom. The van der Waals surface area contributed by atoms with Gasteiger partial charge in [0.25, 0.3) is 5.91 Å². The molecule has 1 aliphatic rings. The zero-order chi connectivity index (χ0) is 16.9. The molecule has 0 saturated carbocycles. The number of nitrogens with zero attached hydrogens (tertiary/aromatic N) is 1. The first kappa shape index (κ1) is 16.8. The van der Waals surface area contributed by atoms with E-state index in [-0.39, 0.29) is 17.8 Å². The molecule has 3 rings (SSSR count). The fourth-order valence-electron chi connectivity index (χ4n) is 2.44. The van der Waals surface area contributed by atoms with Gasteiger partial charge in [-0.05, 0) is 41.8 Å². The Balaban J connectivity index is 1.52. The van der Waals surface area contributed by atoms with Gasteiger partial charge < -0.3 is 0 Å². The molecule has 2 atom stereocenters. The summed E-state index contributed by atoms with van der Waals surface area (Å²) in [6.45, 7) is 0. The molecule has 0 bridgehead atoms. The molecule has 1 aliphatic heterocycles. The van der Waals surface area contributed by atoms with Gasteiger partial charge in [-0.25, -0.2) is 20.7 Å². The maximum Gasteiger partial charge on any atom is 0.258 e. The van der Waals surface area contributed by atoms with Crippen LogP contribution in [-0.2, 0) is 4.79 Å². The lowest BCUT2D eigenvalue weighted by atomic mass is 10.0. The van der Waals surface area contributed by atoms with Gasteiger partial charge in [0.1, 0.15) is 11.9 Å². The molecule has 5 nitrogen and oxygen atoms in total. The average molecular weight is 391 g/mol. The van der Waals surface area contributed by atoms with Crippen molar-refractivity contribution < 1.29 is 9.18 Å². The molecule has 0 radical (unpaired) electrons. The summed E-state index contributed by atoms with van der Waals surface area (Å²) >= 11 is 3.36. The van der Waals surface area contributed by atoms with Crippen LogP contribution in [0.1, 0.15) is 23.6 Å². The lowest BCUT2D eigenvalue weighted by molar-refractivity contribution is -0.122. The van der Waals surface area contributed by atoms with Gasteiger partial charge in [-0.1, -0.05) is 40.2 Å². The molecule has 0 spiro atoms. The van der Waals surface area contributed by atoms with Crippen LogP contribution in [0.2, 0.25) is 0 Å². The number of carbonyl (C=O) groups is 1. The van der Waals surface area contributed by atoms with E-state index < -0.39 is 6.04 Å². The van der Waals surface area contributed by atoms with Gasteiger partial charge in [0.05, 0.1) is 6.21 Å². The number of hydrazine groups is 1. The number of nitrogens with one attached hydrogen (secondary N) is 3. The van der Waals surface area contributed by atoms with Gasteiger partial charge in [0, 0.05) is 10.5 Å². The smallest absolute Gasteiger partial charge is 0.258 e. The third kappa shape index (κ3) is 4.25. The van der Waals surface area contributed by atoms with Gasteiger partial charge >= 0.3 is 0 Å². The topological polar surface area (TPSA) is 65.5 Å². The Hall–Kier alpha value is -2.09. The minimum atomic E-state index is -0.401. The van der Waals surface area contributed by atoms with E-state index in [2.05, 4.69) is 37.3 Å². The van der Waals surface area contributed by atoms with Crippen LogP contribution in [-0.4, -0.2) is 18.2 Å². The van der Waals surface area contributed by atoms with E-state index in [0.29, 0.717) is 6.42 Å². The van der Waals surface area contributed by atoms with Gasteiger partial charge in [0.15, 0.2) is 0 Å². The van der Waals surface area contributed by atoms with E-state index in [1.165, 1.54) is 12.1 Å². The lowest BCUT2D eigenvalue weighted by Crippen LogP contribution is -2.41. The number of hydrogen-bond acceptors (Lipinski definition) is 4. The second-order valence-corrected chi connectivity index (χ2v) is 6.38. The van der Waals surface area contributed by atoms with Crippen LogP contribution >= 0.6 is 15.9 Å². The van der Waals surface area contributed by atoms with Crippen LogP contribution < -0.4 is 16.3 Å². The van der Waals surface area contributed by atoms with E-state index in [1.807, 2.05) is 24.3 Å². The van der Waals surface area contributed by atoms with Crippen LogP contribution in [0.15, 0.2) is 58.1 Å². The maximum absolute atomic E-state index is 13.0. The van der Waals surface area contributed by atoms with E-state index in [9.17, 15) is 9.18 Å². The minimum Gasteiger partial charge on any atom is -0.271 e. The normalized spacial score (nSPS) is 20.4. The molecule has 7 heteroatoms. The highest BCUT2D eigenvalue weighted by atomic mass is 79.9. The summed E-state index contributed by atoms with van der Waals surface area (Å²) in [5.41, 5.74) is 10.3. The zero-order valence-electron chi connectivity index (χ0n) is 12.7. The van der Waals surface area contributed by atoms with Crippen LogP contribution in [0.3, 0.4) is 0 Å². The Bertz CT molecular complexity index is 733. The number of halogens is 2. The quantitative estimate of drug-likeness (QED) is 0.555. The predicted molar refractivity (Wildman–Crippen MR) is 93.7 cm³/mol. The molecule has 3 N–H and O–H groups in total. The lowest BCUT2D eigenvalue weighted by Gasteiger charge is -2.09. The van der Waals surface area contributed by atoms with Gasteiger partial charge in [-0.3, -0.25) is 4.79 Å². The number of benzene rings is 2. The van der Waals surface area contributed by atoms with Crippen molar-refractivity contribution in [1.29, 1.82) is 0 Å². The first-order valence-electron chi connectivity index (χ1n) is 7.47. The summed E-state index contributed by atoms with van der Waals surface area (Å²) in [7, 11) is 0. The number of carbonyl (C=O) groups excluding carboxylic acids is 1. The molecule has 1 heterocycles. The fraction of sp³-hybridized carbons (Fsp3) is 0.176. The summed E-state index contributed by atoms with van der Waals surface area (Å²) in [6.07, 6.45) is 2.15. The van der Waals surface area contributed by atoms with E-state index >= 15 is 0 Å². The largest absolute Gasteiger partial charge is 0.271 e. The number of rotatable bonds is 4. The fourth-order valence-corrected chi connectivity index (χ4v) is 2.70. The van der Waals surface area contributed by atoms with Crippen molar-refractivity contribution in [3.63, 3.8) is 0 Å². The summed E-state index contributed by atoms with van der Waals surface area (Å²) in [4.78, 5) is 12.1. The molecule has 1 amide bonds. The highest BCUT2D eigenvalue weighted by Crippen LogP contribution is 2.22. The summed E-state index contributed by atoms with van der Waals surface area (Å²) in [6, 6.07) is 13.4. The highest BCUT2D eigenvalue weighted by Gasteiger charge is 2.29. The van der Waals surface area contributed by atoms with Crippen molar-refractivity contribution in [2.75, 3.05) is 0 Å². The number of amides is 1. The van der Waals surface area contributed by atoms with Crippen molar-refractivity contribution in [2.24, 2.45) is 5.10 Å². The van der Waals surface area contributed by atoms with Crippen LogP contribution in [0, 0.1) is 5.82 Å². The van der Waals surface area contributed by atoms with Crippen LogP contribution in [0.5, 0.6) is 0 Å².